The first-order chi connectivity index (χ1) is 14.3. The number of methoxy groups -OCH3 is 1. The fourth-order valence-corrected chi connectivity index (χ4v) is 2.58. The van der Waals surface area contributed by atoms with Crippen LogP contribution in [0.4, 0.5) is 10.5 Å². The summed E-state index contributed by atoms with van der Waals surface area (Å²) in [6.07, 6.45) is -0.587. The molecule has 9 heteroatoms. The van der Waals surface area contributed by atoms with Crippen LogP contribution in [0, 0.1) is 0 Å². The third kappa shape index (κ3) is 6.47. The van der Waals surface area contributed by atoms with E-state index in [-0.39, 0.29) is 23.6 Å². The molecule has 2 aromatic rings. The number of hydrogen-bond acceptors (Lipinski definition) is 6. The number of nitrogens with one attached hydrogen (secondary N) is 2. The highest BCUT2D eigenvalue weighted by Gasteiger charge is 2.21. The molecule has 30 heavy (non-hydrogen) atoms. The van der Waals surface area contributed by atoms with E-state index in [9.17, 15) is 14.4 Å². The Morgan fingerprint density at radius 2 is 1.83 bits per heavy atom. The van der Waals surface area contributed by atoms with Crippen molar-refractivity contribution in [3.05, 3.63) is 58.6 Å². The minimum absolute atomic E-state index is 0.197. The number of hydrogen-bond donors (Lipinski definition) is 3. The van der Waals surface area contributed by atoms with Gasteiger partial charge in [0.2, 0.25) is 0 Å². The Kier molecular flexibility index (Phi) is 8.64. The maximum absolute atomic E-state index is 13.0. The lowest BCUT2D eigenvalue weighted by atomic mass is 10.0. The largest absolute Gasteiger partial charge is 0.497 e. The number of carbonyl (C=O) groups is 3. The summed E-state index contributed by atoms with van der Waals surface area (Å²) in [5.41, 5.74) is 6.53. The third-order valence-corrected chi connectivity index (χ3v) is 4.37. The summed E-state index contributed by atoms with van der Waals surface area (Å²) in [6, 6.07) is 11.0. The second-order valence-corrected chi connectivity index (χ2v) is 6.78. The molecule has 0 saturated heterocycles. The molecule has 0 saturated carbocycles. The molecule has 160 valence electrons. The number of rotatable bonds is 9. The zero-order valence-corrected chi connectivity index (χ0v) is 17.5. The fraction of sp³-hybridized carbons (Fsp3) is 0.286. The maximum Gasteiger partial charge on any atom is 0.408 e. The molecule has 0 spiro atoms. The number of ketones is 1. The maximum atomic E-state index is 13.0. The van der Waals surface area contributed by atoms with Gasteiger partial charge in [0.25, 0.3) is 5.91 Å². The van der Waals surface area contributed by atoms with Crippen molar-refractivity contribution in [1.29, 1.82) is 0 Å². The standard InChI is InChI=1S/C21H24ClN3O5/c1-3-4-11-30-21(28)25-19(23)20(27)24-17-10-9-15(29-2)12-16(17)18(26)13-5-7-14(22)8-6-13/h5-10,12,19H,3-4,11,23H2,1-2H3,(H,24,27)(H,25,28). The van der Waals surface area contributed by atoms with Gasteiger partial charge in [-0.25, -0.2) is 4.79 Å². The van der Waals surface area contributed by atoms with Gasteiger partial charge in [0.15, 0.2) is 11.9 Å². The normalized spacial score (nSPS) is 11.3. The zero-order valence-electron chi connectivity index (χ0n) is 16.7. The van der Waals surface area contributed by atoms with E-state index >= 15 is 0 Å². The minimum atomic E-state index is -1.36. The van der Waals surface area contributed by atoms with Crippen molar-refractivity contribution in [1.82, 2.24) is 5.32 Å². The van der Waals surface area contributed by atoms with Crippen LogP contribution >= 0.6 is 11.6 Å². The van der Waals surface area contributed by atoms with Crippen molar-refractivity contribution >= 4 is 35.1 Å². The molecule has 0 bridgehead atoms. The Morgan fingerprint density at radius 3 is 2.47 bits per heavy atom. The molecule has 1 unspecified atom stereocenters. The van der Waals surface area contributed by atoms with E-state index in [1.807, 2.05) is 6.92 Å². The highest BCUT2D eigenvalue weighted by molar-refractivity contribution is 6.30. The molecule has 2 amide bonds. The average Bonchev–Trinajstić information content (AvgIpc) is 2.74. The van der Waals surface area contributed by atoms with Crippen molar-refractivity contribution in [2.24, 2.45) is 5.73 Å². The summed E-state index contributed by atoms with van der Waals surface area (Å²) in [5.74, 6) is -0.619. The molecule has 0 heterocycles. The first-order valence-electron chi connectivity index (χ1n) is 9.33. The van der Waals surface area contributed by atoms with E-state index in [1.165, 1.54) is 19.2 Å². The van der Waals surface area contributed by atoms with E-state index in [0.29, 0.717) is 22.8 Å². The van der Waals surface area contributed by atoms with Crippen LogP contribution in [0.3, 0.4) is 0 Å². The number of carbonyl (C=O) groups excluding carboxylic acids is 3. The molecule has 4 N–H and O–H groups in total. The summed E-state index contributed by atoms with van der Waals surface area (Å²) in [5, 5.41) is 5.30. The van der Waals surface area contributed by atoms with E-state index in [1.54, 1.807) is 30.3 Å². The molecule has 2 rings (SSSR count). The number of halogens is 1. The smallest absolute Gasteiger partial charge is 0.408 e. The highest BCUT2D eigenvalue weighted by Crippen LogP contribution is 2.25. The van der Waals surface area contributed by atoms with Gasteiger partial charge in [-0.15, -0.1) is 0 Å². The van der Waals surface area contributed by atoms with Crippen LogP contribution in [0.25, 0.3) is 0 Å². The molecular weight excluding hydrogens is 410 g/mol. The monoisotopic (exact) mass is 433 g/mol. The molecule has 1 atom stereocenters. The third-order valence-electron chi connectivity index (χ3n) is 4.12. The van der Waals surface area contributed by atoms with Crippen LogP contribution in [0.15, 0.2) is 42.5 Å². The number of benzene rings is 2. The van der Waals surface area contributed by atoms with Crippen molar-refractivity contribution in [2.45, 2.75) is 25.9 Å². The molecule has 0 fully saturated rings. The molecule has 0 aromatic heterocycles. The zero-order chi connectivity index (χ0) is 22.1. The van der Waals surface area contributed by atoms with E-state index in [0.717, 1.165) is 6.42 Å². The summed E-state index contributed by atoms with van der Waals surface area (Å²) in [7, 11) is 1.47. The molecular formula is C21H24ClN3O5. The Labute approximate surface area is 179 Å². The molecule has 0 aliphatic rings. The Bertz CT molecular complexity index is 902. The number of unbranched alkanes of at least 4 members (excludes halogenated alkanes) is 1. The molecule has 0 radical (unpaired) electrons. The first-order valence-corrected chi connectivity index (χ1v) is 9.71. The summed E-state index contributed by atoms with van der Waals surface area (Å²) in [6.45, 7) is 2.19. The first kappa shape index (κ1) is 23.2. The van der Waals surface area contributed by atoms with Crippen molar-refractivity contribution in [3.63, 3.8) is 0 Å². The van der Waals surface area contributed by atoms with Gasteiger partial charge >= 0.3 is 6.09 Å². The van der Waals surface area contributed by atoms with Crippen LogP contribution in [0.2, 0.25) is 5.02 Å². The van der Waals surface area contributed by atoms with Gasteiger partial charge in [-0.2, -0.15) is 0 Å². The highest BCUT2D eigenvalue weighted by atomic mass is 35.5. The SMILES string of the molecule is CCCCOC(=O)NC(N)C(=O)Nc1ccc(OC)cc1C(=O)c1ccc(Cl)cc1. The summed E-state index contributed by atoms with van der Waals surface area (Å²) < 4.78 is 10.1. The Hall–Kier alpha value is -3.10. The van der Waals surface area contributed by atoms with Crippen LogP contribution in [-0.4, -0.2) is 37.7 Å². The van der Waals surface area contributed by atoms with Gasteiger partial charge < -0.3 is 20.5 Å². The summed E-state index contributed by atoms with van der Waals surface area (Å²) in [4.78, 5) is 37.1. The Morgan fingerprint density at radius 1 is 1.13 bits per heavy atom. The number of ether oxygens (including phenoxy) is 2. The average molecular weight is 434 g/mol. The van der Waals surface area contributed by atoms with Crippen molar-refractivity contribution in [2.75, 3.05) is 19.0 Å². The van der Waals surface area contributed by atoms with Gasteiger partial charge in [-0.3, -0.25) is 14.9 Å². The van der Waals surface area contributed by atoms with Gasteiger partial charge in [-0.1, -0.05) is 24.9 Å². The second kappa shape index (κ2) is 11.2. The number of nitrogens with two attached hydrogens (primary N) is 1. The van der Waals surface area contributed by atoms with Gasteiger partial charge in [-0.05, 0) is 48.9 Å². The van der Waals surface area contributed by atoms with Crippen LogP contribution in [0.5, 0.6) is 5.75 Å². The predicted octanol–water partition coefficient (Wildman–Crippen LogP) is 3.33. The molecule has 8 nitrogen and oxygen atoms in total. The minimum Gasteiger partial charge on any atom is -0.497 e. The lowest BCUT2D eigenvalue weighted by Crippen LogP contribution is -2.50. The molecule has 0 aliphatic carbocycles. The van der Waals surface area contributed by atoms with Crippen molar-refractivity contribution < 1.29 is 23.9 Å². The number of alkyl carbamates (subject to hydrolysis) is 1. The van der Waals surface area contributed by atoms with Crippen LogP contribution in [0.1, 0.15) is 35.7 Å². The lowest BCUT2D eigenvalue weighted by Gasteiger charge is -2.16. The predicted molar refractivity (Wildman–Crippen MR) is 114 cm³/mol. The Balaban J connectivity index is 2.16. The van der Waals surface area contributed by atoms with E-state index in [4.69, 9.17) is 26.8 Å². The number of amides is 2. The van der Waals surface area contributed by atoms with Gasteiger partial charge in [0.05, 0.1) is 19.4 Å². The van der Waals surface area contributed by atoms with Crippen LogP contribution < -0.4 is 21.1 Å². The van der Waals surface area contributed by atoms with Crippen LogP contribution in [-0.2, 0) is 9.53 Å². The molecule has 0 aliphatic heterocycles. The van der Waals surface area contributed by atoms with E-state index in [2.05, 4.69) is 10.6 Å². The number of anilines is 1. The van der Waals surface area contributed by atoms with E-state index < -0.39 is 18.2 Å². The second-order valence-electron chi connectivity index (χ2n) is 6.35. The summed E-state index contributed by atoms with van der Waals surface area (Å²) >= 11 is 5.88. The topological polar surface area (TPSA) is 120 Å². The lowest BCUT2D eigenvalue weighted by molar-refractivity contribution is -0.118. The quantitative estimate of drug-likeness (QED) is 0.317. The van der Waals surface area contributed by atoms with Crippen molar-refractivity contribution in [3.8, 4) is 5.75 Å². The fourth-order valence-electron chi connectivity index (χ4n) is 2.46. The van der Waals surface area contributed by atoms with Gasteiger partial charge in [0, 0.05) is 16.1 Å². The van der Waals surface area contributed by atoms with Gasteiger partial charge in [0.1, 0.15) is 5.75 Å². The molecule has 2 aromatic carbocycles.